The van der Waals surface area contributed by atoms with Gasteiger partial charge in [0.05, 0.1) is 79.0 Å². The number of furan rings is 1. The summed E-state index contributed by atoms with van der Waals surface area (Å²) in [6.07, 6.45) is 0. The number of benzene rings is 10. The maximum Gasteiger partial charge on any atom is 0.237 e. The normalized spacial score (nSPS) is 12.0. The minimum absolute atomic E-state index is 0.356. The van der Waals surface area contributed by atoms with Crippen molar-refractivity contribution in [2.45, 2.75) is 6.92 Å². The molecule has 0 bridgehead atoms. The SMILES string of the molecule is [C-]#[N+]c1c(-n2c3ccccc3c3ccccc32)c(C#N)c(-n2c3ccc(C)cc3c3cc4oc5ccccc5c4cc32)c(-n2c3ccccc3c3ccccc32)c1-n1c2ccccc2c2ccccc21. The van der Waals surface area contributed by atoms with Crippen LogP contribution in [0.5, 0.6) is 0 Å². The van der Waals surface area contributed by atoms with Crippen molar-refractivity contribution in [2.75, 3.05) is 0 Å². The second-order valence-corrected chi connectivity index (χ2v) is 18.3. The molecule has 0 amide bonds. The summed E-state index contributed by atoms with van der Waals surface area (Å²) in [5, 5.41) is 22.8. The van der Waals surface area contributed by atoms with Crippen LogP contribution in [0.4, 0.5) is 5.69 Å². The largest absolute Gasteiger partial charge is 0.456 e. The predicted molar refractivity (Wildman–Crippen MR) is 287 cm³/mol. The minimum Gasteiger partial charge on any atom is -0.456 e. The third-order valence-electron chi connectivity index (χ3n) is 14.6. The lowest BCUT2D eigenvalue weighted by Gasteiger charge is -2.27. The molecule has 0 saturated heterocycles. The molecule has 7 heteroatoms. The Hall–Kier alpha value is -9.82. The van der Waals surface area contributed by atoms with Crippen molar-refractivity contribution in [3.8, 4) is 28.8 Å². The number of aryl methyl sites for hydroxylation is 1. The molecule has 0 N–H and O–H groups in total. The topological polar surface area (TPSA) is 61.0 Å². The number of aromatic nitrogens is 4. The highest BCUT2D eigenvalue weighted by atomic mass is 16.3. The first-order valence-corrected chi connectivity index (χ1v) is 23.4. The van der Waals surface area contributed by atoms with E-state index in [2.05, 4.69) is 201 Å². The highest BCUT2D eigenvalue weighted by molar-refractivity contribution is 6.20. The van der Waals surface area contributed by atoms with Gasteiger partial charge in [0.2, 0.25) is 5.69 Å². The molecule has 0 atom stereocenters. The summed E-state index contributed by atoms with van der Waals surface area (Å²) in [5.41, 5.74) is 13.4. The Bertz CT molecular complexity index is 4720. The number of hydrogen-bond acceptors (Lipinski definition) is 2. The molecule has 15 rings (SSSR count). The average Bonchev–Trinajstić information content (AvgIpc) is 4.20. The molecule has 324 valence electrons. The molecule has 5 aromatic heterocycles. The van der Waals surface area contributed by atoms with Crippen LogP contribution in [-0.2, 0) is 0 Å². The Kier molecular flexibility index (Phi) is 7.72. The van der Waals surface area contributed by atoms with Crippen LogP contribution in [0.2, 0.25) is 0 Å². The van der Waals surface area contributed by atoms with Gasteiger partial charge in [0.25, 0.3) is 0 Å². The second kappa shape index (κ2) is 14.1. The molecule has 0 unspecified atom stereocenters. The first-order valence-electron chi connectivity index (χ1n) is 23.4. The van der Waals surface area contributed by atoms with E-state index in [0.717, 1.165) is 115 Å². The van der Waals surface area contributed by atoms with Gasteiger partial charge in [-0.3, -0.25) is 0 Å². The van der Waals surface area contributed by atoms with Gasteiger partial charge < -0.3 is 22.7 Å². The maximum absolute atomic E-state index is 12.4. The summed E-state index contributed by atoms with van der Waals surface area (Å²) in [5.74, 6) is 0. The molecule has 5 heterocycles. The Morgan fingerprint density at radius 3 is 1.26 bits per heavy atom. The first kappa shape index (κ1) is 38.3. The molecule has 7 nitrogen and oxygen atoms in total. The van der Waals surface area contributed by atoms with Crippen LogP contribution in [0.3, 0.4) is 0 Å². The fourth-order valence-corrected chi connectivity index (χ4v) is 11.8. The van der Waals surface area contributed by atoms with E-state index in [4.69, 9.17) is 9.26 Å². The number of fused-ring (bicyclic) bond motifs is 15. The van der Waals surface area contributed by atoms with Crippen molar-refractivity contribution < 1.29 is 4.42 Å². The van der Waals surface area contributed by atoms with Crippen LogP contribution in [0.25, 0.3) is 137 Å². The molecule has 0 saturated carbocycles. The molecule has 15 aromatic rings. The molecule has 0 radical (unpaired) electrons. The van der Waals surface area contributed by atoms with Crippen LogP contribution in [0.1, 0.15) is 11.1 Å². The van der Waals surface area contributed by atoms with E-state index in [-0.39, 0.29) is 0 Å². The lowest BCUT2D eigenvalue weighted by Crippen LogP contribution is -2.14. The molecular weight excluding hydrogens is 857 g/mol. The summed E-state index contributed by atoms with van der Waals surface area (Å²) < 4.78 is 15.7. The lowest BCUT2D eigenvalue weighted by atomic mass is 10.0. The van der Waals surface area contributed by atoms with Gasteiger partial charge in [-0.15, -0.1) is 0 Å². The van der Waals surface area contributed by atoms with Gasteiger partial charge in [0.15, 0.2) is 0 Å². The van der Waals surface area contributed by atoms with Crippen molar-refractivity contribution >= 4 is 115 Å². The zero-order chi connectivity index (χ0) is 46.4. The molecule has 0 aliphatic carbocycles. The fraction of sp³-hybridized carbons (Fsp3) is 0.0159. The molecule has 0 fully saturated rings. The van der Waals surface area contributed by atoms with E-state index in [1.807, 2.05) is 30.3 Å². The Morgan fingerprint density at radius 1 is 0.371 bits per heavy atom. The Balaban J connectivity index is 1.29. The number of nitrogens with zero attached hydrogens (tertiary/aromatic N) is 6. The first-order chi connectivity index (χ1) is 34.6. The van der Waals surface area contributed by atoms with Crippen molar-refractivity contribution in [3.05, 3.63) is 223 Å². The quantitative estimate of drug-likeness (QED) is 0.165. The van der Waals surface area contributed by atoms with Crippen LogP contribution < -0.4 is 0 Å². The summed E-state index contributed by atoms with van der Waals surface area (Å²) in [6, 6.07) is 72.7. The molecule has 0 spiro atoms. The third kappa shape index (κ3) is 4.94. The van der Waals surface area contributed by atoms with E-state index >= 15 is 0 Å². The Morgan fingerprint density at radius 2 is 0.771 bits per heavy atom. The average molecular weight is 893 g/mol. The minimum atomic E-state index is 0.356. The molecule has 10 aromatic carbocycles. The summed E-state index contributed by atoms with van der Waals surface area (Å²) in [7, 11) is 0. The van der Waals surface area contributed by atoms with Crippen molar-refractivity contribution in [2.24, 2.45) is 0 Å². The van der Waals surface area contributed by atoms with E-state index in [9.17, 15) is 11.8 Å². The Labute approximate surface area is 399 Å². The highest BCUT2D eigenvalue weighted by Gasteiger charge is 2.34. The smallest absolute Gasteiger partial charge is 0.237 e. The molecular formula is C63H36N6O. The van der Waals surface area contributed by atoms with Crippen LogP contribution in [-0.4, -0.2) is 18.3 Å². The molecule has 0 aliphatic rings. The number of para-hydroxylation sites is 7. The summed E-state index contributed by atoms with van der Waals surface area (Å²) in [6.45, 7) is 11.7. The maximum atomic E-state index is 12.4. The van der Waals surface area contributed by atoms with Gasteiger partial charge in [-0.1, -0.05) is 139 Å². The van der Waals surface area contributed by atoms with Gasteiger partial charge >= 0.3 is 0 Å². The van der Waals surface area contributed by atoms with E-state index in [1.165, 1.54) is 0 Å². The van der Waals surface area contributed by atoms with Gasteiger partial charge in [0.1, 0.15) is 17.2 Å². The van der Waals surface area contributed by atoms with Gasteiger partial charge in [-0.2, -0.15) is 5.26 Å². The third-order valence-corrected chi connectivity index (χ3v) is 14.6. The number of nitriles is 1. The van der Waals surface area contributed by atoms with Gasteiger partial charge in [-0.05, 0) is 73.7 Å². The zero-order valence-electron chi connectivity index (χ0n) is 37.6. The molecule has 0 aliphatic heterocycles. The standard InChI is InChI=1S/C63H36N6O/c1-37-31-32-55-45(33-37)46-35-58-47(44-23-9-16-30-57(44)70-58)34-56(46)69(55)61-48(36-64)60(66-49-24-10-3-17-38(49)39-18-4-11-25-50(39)66)59(65-2)62(67-51-26-12-5-19-40(51)41-20-6-13-27-52(41)67)63(61)68-53-28-14-7-21-42(53)43-22-8-15-29-54(43)68/h3-35H,1H3. The summed E-state index contributed by atoms with van der Waals surface area (Å²) in [4.78, 5) is 4.70. The lowest BCUT2D eigenvalue weighted by molar-refractivity contribution is 0.669. The monoisotopic (exact) mass is 892 g/mol. The second-order valence-electron chi connectivity index (χ2n) is 18.3. The zero-order valence-corrected chi connectivity index (χ0v) is 37.6. The summed E-state index contributed by atoms with van der Waals surface area (Å²) >= 11 is 0. The van der Waals surface area contributed by atoms with Crippen LogP contribution in [0.15, 0.2) is 205 Å². The van der Waals surface area contributed by atoms with Crippen molar-refractivity contribution in [1.82, 2.24) is 18.3 Å². The van der Waals surface area contributed by atoms with Crippen LogP contribution >= 0.6 is 0 Å². The van der Waals surface area contributed by atoms with E-state index in [0.29, 0.717) is 34.0 Å². The number of hydrogen-bond donors (Lipinski definition) is 0. The van der Waals surface area contributed by atoms with E-state index < -0.39 is 0 Å². The van der Waals surface area contributed by atoms with Gasteiger partial charge in [-0.25, -0.2) is 4.85 Å². The predicted octanol–water partition coefficient (Wildman–Crippen LogP) is 16.7. The highest BCUT2D eigenvalue weighted by Crippen LogP contribution is 2.52. The van der Waals surface area contributed by atoms with Crippen molar-refractivity contribution in [3.63, 3.8) is 0 Å². The van der Waals surface area contributed by atoms with Gasteiger partial charge in [0, 0.05) is 53.9 Å². The van der Waals surface area contributed by atoms with Crippen molar-refractivity contribution in [1.29, 1.82) is 5.26 Å². The fourth-order valence-electron chi connectivity index (χ4n) is 11.8. The molecule has 70 heavy (non-hydrogen) atoms. The number of rotatable bonds is 4. The van der Waals surface area contributed by atoms with E-state index in [1.54, 1.807) is 0 Å². The van der Waals surface area contributed by atoms with Crippen LogP contribution in [0, 0.1) is 24.8 Å².